The quantitative estimate of drug-likeness (QED) is 0.469. The molecule has 0 aliphatic heterocycles. The third-order valence-corrected chi connectivity index (χ3v) is 4.82. The van der Waals surface area contributed by atoms with E-state index in [1.54, 1.807) is 0 Å². The first-order chi connectivity index (χ1) is 11.4. The standard InChI is InChI=1S/2C9H12.C6H12/c2*1-7-4-5-8(2)9(3)6-7;1-2-4-6-5-3-1/h2*4-6H,1-3H3;1-6H2. The molecular formula is C24H36. The lowest BCUT2D eigenvalue weighted by Crippen LogP contribution is -1.85. The Bertz CT molecular complexity index is 542. The van der Waals surface area contributed by atoms with E-state index in [0.717, 1.165) is 0 Å². The predicted molar refractivity (Wildman–Crippen MR) is 109 cm³/mol. The predicted octanol–water partition coefficient (Wildman–Crippen LogP) is 7.56. The highest BCUT2D eigenvalue weighted by molar-refractivity contribution is 5.29. The molecule has 132 valence electrons. The number of aryl methyl sites for hydroxylation is 6. The first-order valence-corrected chi connectivity index (χ1v) is 9.48. The molecule has 0 atom stereocenters. The van der Waals surface area contributed by atoms with Gasteiger partial charge in [-0.05, 0) is 63.8 Å². The monoisotopic (exact) mass is 324 g/mol. The molecule has 0 saturated heterocycles. The third-order valence-electron chi connectivity index (χ3n) is 4.82. The van der Waals surface area contributed by atoms with Gasteiger partial charge in [0.1, 0.15) is 0 Å². The molecule has 2 aromatic rings. The molecule has 0 amide bonds. The van der Waals surface area contributed by atoms with Crippen molar-refractivity contribution in [3.8, 4) is 0 Å². The molecule has 0 aromatic heterocycles. The molecule has 1 fully saturated rings. The summed E-state index contributed by atoms with van der Waals surface area (Å²) in [5.41, 5.74) is 8.21. The number of hydrogen-bond acceptors (Lipinski definition) is 0. The summed E-state index contributed by atoms with van der Waals surface area (Å²) in [6.45, 7) is 12.8. The van der Waals surface area contributed by atoms with Crippen LogP contribution in [0.4, 0.5) is 0 Å². The lowest BCUT2D eigenvalue weighted by Gasteiger charge is -2.05. The number of rotatable bonds is 0. The minimum absolute atomic E-state index is 1.35. The van der Waals surface area contributed by atoms with E-state index in [4.69, 9.17) is 0 Å². The van der Waals surface area contributed by atoms with Crippen molar-refractivity contribution < 1.29 is 0 Å². The summed E-state index contributed by atoms with van der Waals surface area (Å²) >= 11 is 0. The Morgan fingerprint density at radius 1 is 0.417 bits per heavy atom. The Labute approximate surface area is 150 Å². The first-order valence-electron chi connectivity index (χ1n) is 9.48. The smallest absolute Gasteiger partial charge is 0.0395 e. The molecular weight excluding hydrogens is 288 g/mol. The van der Waals surface area contributed by atoms with Gasteiger partial charge in [-0.15, -0.1) is 0 Å². The van der Waals surface area contributed by atoms with Gasteiger partial charge in [-0.3, -0.25) is 0 Å². The highest BCUT2D eigenvalue weighted by atomic mass is 14.0. The van der Waals surface area contributed by atoms with Crippen LogP contribution in [-0.2, 0) is 0 Å². The van der Waals surface area contributed by atoms with Gasteiger partial charge in [0.05, 0.1) is 0 Å². The molecule has 1 aliphatic carbocycles. The van der Waals surface area contributed by atoms with Crippen LogP contribution in [0.1, 0.15) is 71.9 Å². The molecule has 0 heterocycles. The van der Waals surface area contributed by atoms with Crippen molar-refractivity contribution >= 4 is 0 Å². The summed E-state index contributed by atoms with van der Waals surface area (Å²) in [4.78, 5) is 0. The van der Waals surface area contributed by atoms with Crippen molar-refractivity contribution in [2.45, 2.75) is 80.1 Å². The molecule has 0 unspecified atom stereocenters. The molecule has 0 radical (unpaired) electrons. The normalized spacial score (nSPS) is 13.2. The van der Waals surface area contributed by atoms with Crippen LogP contribution in [-0.4, -0.2) is 0 Å². The molecule has 0 bridgehead atoms. The van der Waals surface area contributed by atoms with Gasteiger partial charge >= 0.3 is 0 Å². The van der Waals surface area contributed by atoms with Gasteiger partial charge in [-0.2, -0.15) is 0 Å². The van der Waals surface area contributed by atoms with Gasteiger partial charge in [0, 0.05) is 0 Å². The van der Waals surface area contributed by atoms with E-state index in [-0.39, 0.29) is 0 Å². The van der Waals surface area contributed by atoms with Gasteiger partial charge in [0.2, 0.25) is 0 Å². The van der Waals surface area contributed by atoms with E-state index < -0.39 is 0 Å². The third kappa shape index (κ3) is 8.34. The fourth-order valence-corrected chi connectivity index (χ4v) is 2.84. The van der Waals surface area contributed by atoms with Crippen molar-refractivity contribution in [1.29, 1.82) is 0 Å². The van der Waals surface area contributed by atoms with Crippen LogP contribution in [0.3, 0.4) is 0 Å². The molecule has 0 N–H and O–H groups in total. The summed E-state index contributed by atoms with van der Waals surface area (Å²) in [6, 6.07) is 13.0. The summed E-state index contributed by atoms with van der Waals surface area (Å²) in [6.07, 6.45) is 9.00. The van der Waals surface area contributed by atoms with Crippen molar-refractivity contribution in [1.82, 2.24) is 0 Å². The topological polar surface area (TPSA) is 0 Å². The Kier molecular flexibility index (Phi) is 9.45. The van der Waals surface area contributed by atoms with Crippen molar-refractivity contribution in [3.05, 3.63) is 69.8 Å². The zero-order valence-corrected chi connectivity index (χ0v) is 16.7. The van der Waals surface area contributed by atoms with Crippen LogP contribution in [0, 0.1) is 41.5 Å². The van der Waals surface area contributed by atoms with Gasteiger partial charge < -0.3 is 0 Å². The van der Waals surface area contributed by atoms with Crippen LogP contribution in [0.15, 0.2) is 36.4 Å². The van der Waals surface area contributed by atoms with Gasteiger partial charge in [-0.1, -0.05) is 86.1 Å². The van der Waals surface area contributed by atoms with E-state index in [9.17, 15) is 0 Å². The molecule has 0 spiro atoms. The molecule has 3 rings (SSSR count). The Morgan fingerprint density at radius 2 is 0.708 bits per heavy atom. The SMILES string of the molecule is C1CCCCC1.Cc1ccc(C)c(C)c1.Cc1ccc(C)c(C)c1. The average molecular weight is 325 g/mol. The molecule has 0 nitrogen and oxygen atoms in total. The first kappa shape index (κ1) is 20.5. The maximum Gasteiger partial charge on any atom is -0.0395 e. The van der Waals surface area contributed by atoms with E-state index in [1.807, 2.05) is 0 Å². The van der Waals surface area contributed by atoms with Gasteiger partial charge in [-0.25, -0.2) is 0 Å². The summed E-state index contributed by atoms with van der Waals surface area (Å²) in [5.74, 6) is 0. The second-order valence-corrected chi connectivity index (χ2v) is 7.30. The molecule has 0 heteroatoms. The van der Waals surface area contributed by atoms with E-state index in [1.165, 1.54) is 71.9 Å². The average Bonchev–Trinajstić information content (AvgIpc) is 2.58. The van der Waals surface area contributed by atoms with Gasteiger partial charge in [0.25, 0.3) is 0 Å². The van der Waals surface area contributed by atoms with E-state index >= 15 is 0 Å². The zero-order chi connectivity index (χ0) is 17.9. The van der Waals surface area contributed by atoms with Crippen molar-refractivity contribution in [2.75, 3.05) is 0 Å². The second kappa shape index (κ2) is 11.1. The summed E-state index contributed by atoms with van der Waals surface area (Å²) in [7, 11) is 0. The maximum absolute atomic E-state index is 2.20. The highest BCUT2D eigenvalue weighted by Crippen LogP contribution is 2.15. The highest BCUT2D eigenvalue weighted by Gasteiger charge is 1.95. The number of benzene rings is 2. The fraction of sp³-hybridized carbons (Fsp3) is 0.500. The largest absolute Gasteiger partial charge is 0.0590 e. The second-order valence-electron chi connectivity index (χ2n) is 7.30. The minimum Gasteiger partial charge on any atom is -0.0590 e. The van der Waals surface area contributed by atoms with Crippen LogP contribution < -0.4 is 0 Å². The lowest BCUT2D eigenvalue weighted by molar-refractivity contribution is 0.504. The molecule has 1 saturated carbocycles. The van der Waals surface area contributed by atoms with Crippen molar-refractivity contribution in [2.24, 2.45) is 0 Å². The van der Waals surface area contributed by atoms with E-state index in [2.05, 4.69) is 77.9 Å². The molecule has 24 heavy (non-hydrogen) atoms. The van der Waals surface area contributed by atoms with Crippen LogP contribution in [0.2, 0.25) is 0 Å². The number of hydrogen-bond donors (Lipinski definition) is 0. The van der Waals surface area contributed by atoms with Crippen LogP contribution in [0.5, 0.6) is 0 Å². The zero-order valence-electron chi connectivity index (χ0n) is 16.7. The Balaban J connectivity index is 0.000000184. The molecule has 2 aromatic carbocycles. The van der Waals surface area contributed by atoms with Gasteiger partial charge in [0.15, 0.2) is 0 Å². The lowest BCUT2D eigenvalue weighted by atomic mass is 10.0. The summed E-state index contributed by atoms with van der Waals surface area (Å²) in [5, 5.41) is 0. The Morgan fingerprint density at radius 3 is 0.917 bits per heavy atom. The Hall–Kier alpha value is -1.56. The maximum atomic E-state index is 2.20. The molecule has 1 aliphatic rings. The van der Waals surface area contributed by atoms with Crippen LogP contribution >= 0.6 is 0 Å². The fourth-order valence-electron chi connectivity index (χ4n) is 2.84. The minimum atomic E-state index is 1.35. The summed E-state index contributed by atoms with van der Waals surface area (Å²) < 4.78 is 0. The van der Waals surface area contributed by atoms with Crippen molar-refractivity contribution in [3.63, 3.8) is 0 Å². The van der Waals surface area contributed by atoms with E-state index in [0.29, 0.717) is 0 Å². The van der Waals surface area contributed by atoms with Crippen LogP contribution in [0.25, 0.3) is 0 Å².